The van der Waals surface area contributed by atoms with Crippen LogP contribution in [0.1, 0.15) is 23.2 Å². The molecule has 1 aromatic carbocycles. The van der Waals surface area contributed by atoms with E-state index in [1.54, 1.807) is 6.07 Å². The second kappa shape index (κ2) is 10.1. The number of nitriles is 1. The first-order valence-electron chi connectivity index (χ1n) is 11.4. The number of aliphatic hydroxyl groups excluding tert-OH is 1. The molecule has 2 unspecified atom stereocenters. The standard InChI is InChI=1S/C25H26N6O2S/c26-12-16-1-3-20-19(11-16)17(5-8-27-20)6-9-31-10-7-21(23(32)15-31)28-13-18-2-4-22-25(30-18)34-24(33)14-29-22/h1-5,8,11,21,23,28-29,32H,6-7,9-10,13-15H2. The van der Waals surface area contributed by atoms with Crippen molar-refractivity contribution in [2.45, 2.75) is 36.6 Å². The number of nitrogens with one attached hydrogen (secondary N) is 2. The first kappa shape index (κ1) is 22.7. The lowest BCUT2D eigenvalue weighted by Crippen LogP contribution is -2.52. The molecular weight excluding hydrogens is 448 g/mol. The monoisotopic (exact) mass is 474 g/mol. The van der Waals surface area contributed by atoms with Crippen LogP contribution in [0.4, 0.5) is 5.69 Å². The summed E-state index contributed by atoms with van der Waals surface area (Å²) in [7, 11) is 0. The summed E-state index contributed by atoms with van der Waals surface area (Å²) in [6, 6.07) is 13.7. The Hall–Kier alpha value is -3.03. The first-order chi connectivity index (χ1) is 16.6. The highest BCUT2D eigenvalue weighted by Crippen LogP contribution is 2.30. The number of benzene rings is 1. The van der Waals surface area contributed by atoms with Crippen molar-refractivity contribution in [3.8, 4) is 6.07 Å². The van der Waals surface area contributed by atoms with E-state index in [0.717, 1.165) is 53.2 Å². The molecule has 0 bridgehead atoms. The second-order valence-corrected chi connectivity index (χ2v) is 9.74. The van der Waals surface area contributed by atoms with Crippen LogP contribution in [0.2, 0.25) is 0 Å². The number of piperidine rings is 1. The summed E-state index contributed by atoms with van der Waals surface area (Å²) >= 11 is 1.18. The zero-order chi connectivity index (χ0) is 23.5. The molecule has 3 aromatic rings. The van der Waals surface area contributed by atoms with Crippen LogP contribution in [0.15, 0.2) is 47.6 Å². The van der Waals surface area contributed by atoms with Gasteiger partial charge in [-0.3, -0.25) is 9.78 Å². The fraction of sp³-hybridized carbons (Fsp3) is 0.360. The summed E-state index contributed by atoms with van der Waals surface area (Å²) in [5, 5.41) is 28.3. The van der Waals surface area contributed by atoms with Gasteiger partial charge in [0.1, 0.15) is 5.03 Å². The molecule has 0 aliphatic carbocycles. The summed E-state index contributed by atoms with van der Waals surface area (Å²) in [6.45, 7) is 3.22. The third-order valence-electron chi connectivity index (χ3n) is 6.42. The number of hydrogen-bond donors (Lipinski definition) is 3. The van der Waals surface area contributed by atoms with Gasteiger partial charge in [-0.2, -0.15) is 5.26 Å². The van der Waals surface area contributed by atoms with E-state index in [-0.39, 0.29) is 11.2 Å². The van der Waals surface area contributed by atoms with Gasteiger partial charge in [-0.15, -0.1) is 0 Å². The van der Waals surface area contributed by atoms with E-state index < -0.39 is 6.10 Å². The van der Waals surface area contributed by atoms with E-state index in [9.17, 15) is 15.2 Å². The van der Waals surface area contributed by atoms with E-state index in [1.807, 2.05) is 36.5 Å². The topological polar surface area (TPSA) is 114 Å². The molecule has 2 aliphatic heterocycles. The Morgan fingerprint density at radius 3 is 3.06 bits per heavy atom. The predicted octanol–water partition coefficient (Wildman–Crippen LogP) is 2.31. The lowest BCUT2D eigenvalue weighted by Gasteiger charge is -2.36. The number of likely N-dealkylation sites (tertiary alicyclic amines) is 1. The summed E-state index contributed by atoms with van der Waals surface area (Å²) in [4.78, 5) is 22.9. The molecule has 4 heterocycles. The minimum Gasteiger partial charge on any atom is -0.390 e. The molecule has 1 saturated heterocycles. The number of fused-ring (bicyclic) bond motifs is 2. The van der Waals surface area contributed by atoms with Gasteiger partial charge in [0.05, 0.1) is 41.2 Å². The quantitative estimate of drug-likeness (QED) is 0.495. The third kappa shape index (κ3) is 5.05. The summed E-state index contributed by atoms with van der Waals surface area (Å²) < 4.78 is 0. The molecule has 8 nitrogen and oxygen atoms in total. The number of aromatic nitrogens is 2. The molecule has 0 radical (unpaired) electrons. The lowest BCUT2D eigenvalue weighted by atomic mass is 10.00. The normalized spacial score (nSPS) is 20.5. The van der Waals surface area contributed by atoms with Gasteiger partial charge in [-0.25, -0.2) is 4.98 Å². The number of nitrogens with zero attached hydrogens (tertiary/aromatic N) is 4. The van der Waals surface area contributed by atoms with Crippen molar-refractivity contribution in [1.82, 2.24) is 20.2 Å². The number of β-amino-alcohol motifs (C(OH)–C–C–N with tert-alkyl or cyclic N) is 1. The molecule has 2 aromatic heterocycles. The van der Waals surface area contributed by atoms with Crippen LogP contribution < -0.4 is 10.6 Å². The fourth-order valence-corrected chi connectivity index (χ4v) is 5.32. The van der Waals surface area contributed by atoms with Crippen LogP contribution in [-0.4, -0.2) is 63.4 Å². The number of pyridine rings is 2. The van der Waals surface area contributed by atoms with Crippen molar-refractivity contribution in [3.05, 3.63) is 59.4 Å². The van der Waals surface area contributed by atoms with E-state index in [0.29, 0.717) is 25.2 Å². The predicted molar refractivity (Wildman–Crippen MR) is 131 cm³/mol. The Kier molecular flexibility index (Phi) is 6.74. The zero-order valence-corrected chi connectivity index (χ0v) is 19.5. The number of anilines is 1. The molecule has 0 amide bonds. The fourth-order valence-electron chi connectivity index (χ4n) is 4.54. The van der Waals surface area contributed by atoms with Crippen LogP contribution in [0.25, 0.3) is 10.9 Å². The number of rotatable bonds is 6. The highest BCUT2D eigenvalue weighted by Gasteiger charge is 2.27. The molecule has 2 aliphatic rings. The Morgan fingerprint density at radius 1 is 1.29 bits per heavy atom. The van der Waals surface area contributed by atoms with Crippen LogP contribution in [0.3, 0.4) is 0 Å². The van der Waals surface area contributed by atoms with Gasteiger partial charge >= 0.3 is 0 Å². The van der Waals surface area contributed by atoms with Crippen molar-refractivity contribution < 1.29 is 9.90 Å². The number of carbonyl (C=O) groups is 1. The van der Waals surface area contributed by atoms with Gasteiger partial charge in [0, 0.05) is 37.3 Å². The van der Waals surface area contributed by atoms with Gasteiger partial charge in [0.2, 0.25) is 5.12 Å². The molecular formula is C25H26N6O2S. The SMILES string of the molecule is N#Cc1ccc2nccc(CCN3CCC(NCc4ccc5c(n4)SC(=O)CN5)C(O)C3)c2c1. The van der Waals surface area contributed by atoms with Crippen molar-refractivity contribution >= 4 is 33.5 Å². The summed E-state index contributed by atoms with van der Waals surface area (Å²) in [5.41, 5.74) is 4.46. The Balaban J connectivity index is 1.15. The molecule has 174 valence electrons. The maximum atomic E-state index is 11.6. The molecule has 1 fully saturated rings. The van der Waals surface area contributed by atoms with Crippen LogP contribution >= 0.6 is 11.8 Å². The second-order valence-electron chi connectivity index (χ2n) is 8.69. The number of aliphatic hydroxyl groups is 1. The first-order valence-corrected chi connectivity index (χ1v) is 12.3. The molecule has 0 saturated carbocycles. The zero-order valence-electron chi connectivity index (χ0n) is 18.7. The average molecular weight is 475 g/mol. The lowest BCUT2D eigenvalue weighted by molar-refractivity contribution is -0.109. The number of carbonyl (C=O) groups excluding carboxylic acids is 1. The van der Waals surface area contributed by atoms with E-state index in [4.69, 9.17) is 0 Å². The maximum absolute atomic E-state index is 11.6. The molecule has 9 heteroatoms. The van der Waals surface area contributed by atoms with Gasteiger partial charge in [0.15, 0.2) is 0 Å². The van der Waals surface area contributed by atoms with Gasteiger partial charge < -0.3 is 20.6 Å². The highest BCUT2D eigenvalue weighted by atomic mass is 32.2. The van der Waals surface area contributed by atoms with Crippen LogP contribution in [-0.2, 0) is 17.8 Å². The van der Waals surface area contributed by atoms with Crippen molar-refractivity contribution in [1.29, 1.82) is 5.26 Å². The Labute approximate surface area is 202 Å². The van der Waals surface area contributed by atoms with E-state index >= 15 is 0 Å². The number of thioether (sulfide) groups is 1. The molecule has 2 atom stereocenters. The van der Waals surface area contributed by atoms with Crippen molar-refractivity contribution in [2.24, 2.45) is 0 Å². The van der Waals surface area contributed by atoms with Crippen molar-refractivity contribution in [3.63, 3.8) is 0 Å². The molecule has 5 rings (SSSR count). The van der Waals surface area contributed by atoms with Gasteiger partial charge in [-0.1, -0.05) is 0 Å². The van der Waals surface area contributed by atoms with Crippen LogP contribution in [0.5, 0.6) is 0 Å². The smallest absolute Gasteiger partial charge is 0.214 e. The highest BCUT2D eigenvalue weighted by molar-refractivity contribution is 8.13. The van der Waals surface area contributed by atoms with E-state index in [1.165, 1.54) is 17.3 Å². The Morgan fingerprint density at radius 2 is 2.21 bits per heavy atom. The maximum Gasteiger partial charge on any atom is 0.214 e. The molecule has 34 heavy (non-hydrogen) atoms. The van der Waals surface area contributed by atoms with Gasteiger partial charge in [0.25, 0.3) is 0 Å². The minimum absolute atomic E-state index is 0.00133. The van der Waals surface area contributed by atoms with Crippen molar-refractivity contribution in [2.75, 3.05) is 31.5 Å². The number of hydrogen-bond acceptors (Lipinski definition) is 9. The summed E-state index contributed by atoms with van der Waals surface area (Å²) in [6.07, 6.45) is 3.02. The average Bonchev–Trinajstić information content (AvgIpc) is 2.86. The molecule has 0 spiro atoms. The summed E-state index contributed by atoms with van der Waals surface area (Å²) in [5.74, 6) is 0. The van der Waals surface area contributed by atoms with Gasteiger partial charge in [-0.05, 0) is 73.1 Å². The molecule has 3 N–H and O–H groups in total. The van der Waals surface area contributed by atoms with Crippen LogP contribution in [0, 0.1) is 11.3 Å². The van der Waals surface area contributed by atoms with E-state index in [2.05, 4.69) is 31.6 Å². The Bertz CT molecular complexity index is 1260. The largest absolute Gasteiger partial charge is 0.390 e. The minimum atomic E-state index is -0.469. The third-order valence-corrected chi connectivity index (χ3v) is 7.30.